The van der Waals surface area contributed by atoms with Crippen molar-refractivity contribution >= 4 is 15.9 Å². The van der Waals surface area contributed by atoms with Crippen LogP contribution >= 0.6 is 0 Å². The first-order valence-corrected chi connectivity index (χ1v) is 11.9. The Kier molecular flexibility index (Phi) is 6.63. The van der Waals surface area contributed by atoms with Gasteiger partial charge in [-0.1, -0.05) is 6.07 Å². The summed E-state index contributed by atoms with van der Waals surface area (Å²) in [5.74, 6) is 0.905. The Morgan fingerprint density at radius 3 is 2.34 bits per heavy atom. The van der Waals surface area contributed by atoms with E-state index >= 15 is 0 Å². The highest BCUT2D eigenvalue weighted by Crippen LogP contribution is 2.31. The fourth-order valence-corrected chi connectivity index (χ4v) is 5.24. The Labute approximate surface area is 187 Å². The maximum atomic E-state index is 13.1. The predicted octanol–water partition coefficient (Wildman–Crippen LogP) is 1.56. The number of likely N-dealkylation sites (N-methyl/N-ethyl adjacent to an activating group) is 1. The van der Waals surface area contributed by atoms with Gasteiger partial charge in [0.25, 0.3) is 0 Å². The van der Waals surface area contributed by atoms with Crippen LogP contribution in [0.4, 0.5) is 4.39 Å². The number of sulfonamides is 1. The van der Waals surface area contributed by atoms with Gasteiger partial charge in [0.2, 0.25) is 15.9 Å². The molecule has 2 aromatic rings. The number of nitrogens with zero attached hydrogens (tertiary/aromatic N) is 3. The fraction of sp³-hybridized carbons (Fsp3) is 0.409. The molecule has 2 heterocycles. The monoisotopic (exact) mass is 463 g/mol. The van der Waals surface area contributed by atoms with Crippen LogP contribution in [0.15, 0.2) is 47.4 Å². The molecule has 0 radical (unpaired) electrons. The van der Waals surface area contributed by atoms with Crippen molar-refractivity contribution in [2.24, 2.45) is 0 Å². The molecule has 0 saturated carbocycles. The van der Waals surface area contributed by atoms with Gasteiger partial charge in [0, 0.05) is 32.7 Å². The summed E-state index contributed by atoms with van der Waals surface area (Å²) in [5.41, 5.74) is 1.01. The van der Waals surface area contributed by atoms with Crippen molar-refractivity contribution in [1.29, 1.82) is 0 Å². The van der Waals surface area contributed by atoms with Crippen molar-refractivity contribution in [3.8, 4) is 11.5 Å². The molecule has 2 aliphatic rings. The zero-order valence-corrected chi connectivity index (χ0v) is 18.7. The van der Waals surface area contributed by atoms with Gasteiger partial charge in [0.1, 0.15) is 19.0 Å². The summed E-state index contributed by atoms with van der Waals surface area (Å²) < 4.78 is 51.0. The smallest absolute Gasteiger partial charge is 0.243 e. The molecule has 8 nitrogen and oxygen atoms in total. The van der Waals surface area contributed by atoms with Gasteiger partial charge in [-0.2, -0.15) is 4.31 Å². The minimum absolute atomic E-state index is 0.0520. The summed E-state index contributed by atoms with van der Waals surface area (Å²) in [6, 6.07) is 10.5. The Morgan fingerprint density at radius 1 is 1.00 bits per heavy atom. The van der Waals surface area contributed by atoms with Crippen LogP contribution < -0.4 is 9.47 Å². The molecule has 10 heteroatoms. The van der Waals surface area contributed by atoms with Crippen LogP contribution in [0.5, 0.6) is 11.5 Å². The van der Waals surface area contributed by atoms with E-state index in [0.717, 1.165) is 23.4 Å². The number of fused-ring (bicyclic) bond motifs is 1. The van der Waals surface area contributed by atoms with E-state index in [1.165, 1.54) is 16.4 Å². The molecule has 2 aromatic carbocycles. The number of benzene rings is 2. The fourth-order valence-electron chi connectivity index (χ4n) is 3.82. The molecule has 172 valence electrons. The van der Waals surface area contributed by atoms with Gasteiger partial charge in [-0.25, -0.2) is 12.8 Å². The van der Waals surface area contributed by atoms with Gasteiger partial charge in [-0.15, -0.1) is 0 Å². The van der Waals surface area contributed by atoms with E-state index in [1.54, 1.807) is 4.90 Å². The van der Waals surface area contributed by atoms with E-state index in [0.29, 0.717) is 38.6 Å². The van der Waals surface area contributed by atoms with E-state index < -0.39 is 15.8 Å². The predicted molar refractivity (Wildman–Crippen MR) is 116 cm³/mol. The lowest BCUT2D eigenvalue weighted by atomic mass is 10.2. The molecule has 1 saturated heterocycles. The topological polar surface area (TPSA) is 79.4 Å². The Bertz CT molecular complexity index is 1070. The largest absolute Gasteiger partial charge is 0.486 e. The number of piperazine rings is 1. The molecule has 0 spiro atoms. The molecule has 0 aliphatic carbocycles. The molecule has 1 fully saturated rings. The van der Waals surface area contributed by atoms with Crippen molar-refractivity contribution in [2.45, 2.75) is 11.4 Å². The third kappa shape index (κ3) is 5.03. The van der Waals surface area contributed by atoms with E-state index in [4.69, 9.17) is 9.47 Å². The lowest BCUT2D eigenvalue weighted by Crippen LogP contribution is -2.52. The summed E-state index contributed by atoms with van der Waals surface area (Å²) in [4.78, 5) is 16.4. The van der Waals surface area contributed by atoms with Crippen LogP contribution in [-0.2, 0) is 21.4 Å². The lowest BCUT2D eigenvalue weighted by Gasteiger charge is -2.34. The van der Waals surface area contributed by atoms with E-state index in [9.17, 15) is 17.6 Å². The maximum absolute atomic E-state index is 13.1. The second kappa shape index (κ2) is 9.43. The number of hydrogen-bond acceptors (Lipinski definition) is 6. The molecule has 0 bridgehead atoms. The molecule has 0 aromatic heterocycles. The van der Waals surface area contributed by atoms with Crippen molar-refractivity contribution in [1.82, 2.24) is 14.1 Å². The number of rotatable bonds is 6. The minimum atomic E-state index is -3.70. The normalized spacial score (nSPS) is 16.9. The molecule has 32 heavy (non-hydrogen) atoms. The van der Waals surface area contributed by atoms with Gasteiger partial charge in [-0.3, -0.25) is 9.69 Å². The first kappa shape index (κ1) is 22.5. The van der Waals surface area contributed by atoms with Gasteiger partial charge < -0.3 is 14.4 Å². The summed E-state index contributed by atoms with van der Waals surface area (Å²) in [6.45, 7) is 2.90. The summed E-state index contributed by atoms with van der Waals surface area (Å²) in [6.07, 6.45) is 0. The van der Waals surface area contributed by atoms with Crippen LogP contribution in [0.25, 0.3) is 0 Å². The molecule has 0 unspecified atom stereocenters. The van der Waals surface area contributed by atoms with Gasteiger partial charge in [0.05, 0.1) is 11.4 Å². The number of ether oxygens (including phenoxy) is 2. The van der Waals surface area contributed by atoms with E-state index in [1.807, 2.05) is 30.1 Å². The number of amides is 1. The van der Waals surface area contributed by atoms with Crippen molar-refractivity contribution in [2.75, 3.05) is 53.0 Å². The molecule has 0 atom stereocenters. The molecule has 1 amide bonds. The first-order valence-electron chi connectivity index (χ1n) is 10.4. The zero-order chi connectivity index (χ0) is 22.7. The van der Waals surface area contributed by atoms with Gasteiger partial charge >= 0.3 is 0 Å². The van der Waals surface area contributed by atoms with Crippen molar-refractivity contribution in [3.63, 3.8) is 0 Å². The molecule has 4 rings (SSSR count). The zero-order valence-electron chi connectivity index (χ0n) is 17.9. The summed E-state index contributed by atoms with van der Waals surface area (Å²) >= 11 is 0. The van der Waals surface area contributed by atoms with Crippen LogP contribution in [0.1, 0.15) is 5.56 Å². The molecular formula is C22H26FN3O5S. The minimum Gasteiger partial charge on any atom is -0.486 e. The molecule has 0 N–H and O–H groups in total. The highest BCUT2D eigenvalue weighted by atomic mass is 32.2. The Morgan fingerprint density at radius 2 is 1.66 bits per heavy atom. The van der Waals surface area contributed by atoms with Gasteiger partial charge in [-0.05, 0) is 49.0 Å². The second-order valence-corrected chi connectivity index (χ2v) is 9.83. The first-order chi connectivity index (χ1) is 15.3. The van der Waals surface area contributed by atoms with Crippen molar-refractivity contribution < 1.29 is 27.1 Å². The van der Waals surface area contributed by atoms with Crippen LogP contribution in [0.2, 0.25) is 0 Å². The number of halogens is 1. The lowest BCUT2D eigenvalue weighted by molar-refractivity contribution is -0.133. The van der Waals surface area contributed by atoms with E-state index in [-0.39, 0.29) is 30.4 Å². The average Bonchev–Trinajstić information content (AvgIpc) is 2.79. The third-order valence-corrected chi connectivity index (χ3v) is 7.42. The standard InChI is InChI=1S/C22H26FN3O5S/c1-24(15-17-2-7-20-21(14-17)31-13-12-30-20)16-22(27)25-8-10-26(11-9-25)32(28,29)19-5-3-18(23)4-6-19/h2-7,14H,8-13,15-16H2,1H3. The highest BCUT2D eigenvalue weighted by Gasteiger charge is 2.30. The SMILES string of the molecule is CN(CC(=O)N1CCN(S(=O)(=O)c2ccc(F)cc2)CC1)Cc1ccc2c(c1)OCCO2. The summed E-state index contributed by atoms with van der Waals surface area (Å²) in [5, 5.41) is 0. The molecule has 2 aliphatic heterocycles. The van der Waals surface area contributed by atoms with Crippen LogP contribution in [0, 0.1) is 5.82 Å². The Balaban J connectivity index is 1.29. The maximum Gasteiger partial charge on any atom is 0.243 e. The average molecular weight is 464 g/mol. The van der Waals surface area contributed by atoms with Crippen molar-refractivity contribution in [3.05, 3.63) is 53.8 Å². The van der Waals surface area contributed by atoms with Crippen LogP contribution in [0.3, 0.4) is 0 Å². The third-order valence-electron chi connectivity index (χ3n) is 5.51. The number of hydrogen-bond donors (Lipinski definition) is 0. The number of carbonyl (C=O) groups excluding carboxylic acids is 1. The highest BCUT2D eigenvalue weighted by molar-refractivity contribution is 7.89. The summed E-state index contributed by atoms with van der Waals surface area (Å²) in [7, 11) is -1.84. The van der Waals surface area contributed by atoms with E-state index in [2.05, 4.69) is 0 Å². The second-order valence-electron chi connectivity index (χ2n) is 7.89. The van der Waals surface area contributed by atoms with Crippen LogP contribution in [-0.4, -0.2) is 81.4 Å². The molecular weight excluding hydrogens is 437 g/mol. The quantitative estimate of drug-likeness (QED) is 0.647. The van der Waals surface area contributed by atoms with Gasteiger partial charge in [0.15, 0.2) is 11.5 Å². The number of carbonyl (C=O) groups is 1. The Hall–Kier alpha value is -2.69.